The molecule has 0 aliphatic carbocycles. The summed E-state index contributed by atoms with van der Waals surface area (Å²) in [6.45, 7) is 1.44. The lowest BCUT2D eigenvalue weighted by molar-refractivity contribution is -0.145. The van der Waals surface area contributed by atoms with Crippen molar-refractivity contribution in [3.05, 3.63) is 0 Å². The normalized spacial score (nSPS) is 37.4. The van der Waals surface area contributed by atoms with Gasteiger partial charge in [-0.15, -0.1) is 0 Å². The van der Waals surface area contributed by atoms with Gasteiger partial charge in [0.15, 0.2) is 11.4 Å². The first-order valence-corrected chi connectivity index (χ1v) is 5.22. The van der Waals surface area contributed by atoms with Crippen LogP contribution >= 0.6 is 11.8 Å². The molecule has 14 heavy (non-hydrogen) atoms. The lowest BCUT2D eigenvalue weighted by Crippen LogP contribution is -2.33. The zero-order chi connectivity index (χ0) is 10.7. The summed E-state index contributed by atoms with van der Waals surface area (Å²) >= 11 is 1.06. The summed E-state index contributed by atoms with van der Waals surface area (Å²) in [6.07, 6.45) is -3.39. The monoisotopic (exact) mass is 222 g/mol. The predicted octanol–water partition coefficient (Wildman–Crippen LogP) is -0.641. The smallest absolute Gasteiger partial charge is 0.186 e. The average Bonchev–Trinajstić information content (AvgIpc) is 2.41. The number of rotatable bonds is 3. The molecule has 1 rings (SSSR count). The highest BCUT2D eigenvalue weighted by atomic mass is 32.2. The maximum Gasteiger partial charge on any atom is 0.186 e. The highest BCUT2D eigenvalue weighted by molar-refractivity contribution is 8.13. The van der Waals surface area contributed by atoms with Crippen molar-refractivity contribution in [3.63, 3.8) is 0 Å². The van der Waals surface area contributed by atoms with Crippen LogP contribution in [0.15, 0.2) is 0 Å². The summed E-state index contributed by atoms with van der Waals surface area (Å²) in [5.41, 5.74) is 0. The van der Waals surface area contributed by atoms with Crippen LogP contribution in [0, 0.1) is 0 Å². The maximum atomic E-state index is 10.7. The van der Waals surface area contributed by atoms with Crippen LogP contribution in [0.5, 0.6) is 0 Å². The summed E-state index contributed by atoms with van der Waals surface area (Å²) < 4.78 is 9.99. The Morgan fingerprint density at radius 1 is 1.50 bits per heavy atom. The van der Waals surface area contributed by atoms with E-state index in [0.717, 1.165) is 11.8 Å². The minimum atomic E-state index is -1.04. The third kappa shape index (κ3) is 2.68. The molecular weight excluding hydrogens is 208 g/mol. The Bertz CT molecular complexity index is 210. The Labute approximate surface area is 86.4 Å². The number of methoxy groups -OCH3 is 1. The third-order valence-corrected chi connectivity index (χ3v) is 2.90. The molecule has 0 saturated carbocycles. The summed E-state index contributed by atoms with van der Waals surface area (Å²) in [6, 6.07) is 0. The molecular formula is C8H14O5S. The van der Waals surface area contributed by atoms with Crippen LogP contribution in [0.1, 0.15) is 6.92 Å². The van der Waals surface area contributed by atoms with E-state index in [4.69, 9.17) is 9.47 Å². The minimum Gasteiger partial charge on any atom is -0.387 e. The summed E-state index contributed by atoms with van der Waals surface area (Å²) in [5.74, 6) is 0.327. The number of aliphatic hydroxyl groups excluding tert-OH is 2. The zero-order valence-electron chi connectivity index (χ0n) is 8.04. The molecule has 1 fully saturated rings. The molecule has 0 aromatic carbocycles. The Hall–Kier alpha value is -0.140. The van der Waals surface area contributed by atoms with Crippen molar-refractivity contribution in [2.24, 2.45) is 0 Å². The molecule has 1 heterocycles. The van der Waals surface area contributed by atoms with E-state index in [1.165, 1.54) is 14.0 Å². The number of aliphatic hydroxyl groups is 2. The maximum absolute atomic E-state index is 10.7. The fraction of sp³-hybridized carbons (Fsp3) is 0.875. The summed E-state index contributed by atoms with van der Waals surface area (Å²) in [4.78, 5) is 10.7. The van der Waals surface area contributed by atoms with E-state index in [-0.39, 0.29) is 5.12 Å². The van der Waals surface area contributed by atoms with Crippen LogP contribution in [-0.2, 0) is 14.3 Å². The predicted molar refractivity (Wildman–Crippen MR) is 50.8 cm³/mol. The Balaban J connectivity index is 2.44. The van der Waals surface area contributed by atoms with E-state index in [9.17, 15) is 15.0 Å². The van der Waals surface area contributed by atoms with Gasteiger partial charge >= 0.3 is 0 Å². The second kappa shape index (κ2) is 5.09. The van der Waals surface area contributed by atoms with Crippen LogP contribution < -0.4 is 0 Å². The molecule has 82 valence electrons. The highest BCUT2D eigenvalue weighted by Crippen LogP contribution is 2.24. The van der Waals surface area contributed by atoms with E-state index in [1.54, 1.807) is 0 Å². The molecule has 0 bridgehead atoms. The fourth-order valence-electron chi connectivity index (χ4n) is 1.25. The quantitative estimate of drug-likeness (QED) is 0.661. The van der Waals surface area contributed by atoms with Crippen molar-refractivity contribution in [3.8, 4) is 0 Å². The van der Waals surface area contributed by atoms with Crippen LogP contribution in [0.2, 0.25) is 0 Å². The standard InChI is InChI=1S/C8H14O5S/c1-4(9)14-3-5-6(10)7(11)8(12-2)13-5/h5-8,10-11H,3H2,1-2H3/t5-,6-,7+,8-/m0/s1. The minimum absolute atomic E-state index is 0.0452. The van der Waals surface area contributed by atoms with Gasteiger partial charge in [0.25, 0.3) is 0 Å². The number of thioether (sulfide) groups is 1. The van der Waals surface area contributed by atoms with Crippen molar-refractivity contribution in [1.82, 2.24) is 0 Å². The number of hydrogen-bond acceptors (Lipinski definition) is 6. The lowest BCUT2D eigenvalue weighted by atomic mass is 10.2. The molecule has 5 nitrogen and oxygen atoms in total. The van der Waals surface area contributed by atoms with Crippen molar-refractivity contribution >= 4 is 16.9 Å². The van der Waals surface area contributed by atoms with Crippen LogP contribution in [0.25, 0.3) is 0 Å². The molecule has 2 N–H and O–H groups in total. The lowest BCUT2D eigenvalue weighted by Gasteiger charge is -2.12. The van der Waals surface area contributed by atoms with Crippen molar-refractivity contribution < 1.29 is 24.5 Å². The van der Waals surface area contributed by atoms with Gasteiger partial charge in [-0.05, 0) is 0 Å². The van der Waals surface area contributed by atoms with Crippen molar-refractivity contribution in [1.29, 1.82) is 0 Å². The first-order valence-electron chi connectivity index (χ1n) is 4.24. The molecule has 0 aromatic heterocycles. The van der Waals surface area contributed by atoms with E-state index in [0.29, 0.717) is 5.75 Å². The Kier molecular flexibility index (Phi) is 4.33. The van der Waals surface area contributed by atoms with Gasteiger partial charge in [0.1, 0.15) is 12.2 Å². The van der Waals surface area contributed by atoms with Gasteiger partial charge in [-0.2, -0.15) is 0 Å². The first-order chi connectivity index (χ1) is 6.56. The molecule has 0 unspecified atom stereocenters. The van der Waals surface area contributed by atoms with E-state index in [2.05, 4.69) is 0 Å². The van der Waals surface area contributed by atoms with Crippen LogP contribution in [0.3, 0.4) is 0 Å². The topological polar surface area (TPSA) is 76.0 Å². The molecule has 4 atom stereocenters. The first kappa shape index (κ1) is 11.9. The van der Waals surface area contributed by atoms with Gasteiger partial charge in [-0.25, -0.2) is 0 Å². The van der Waals surface area contributed by atoms with Crippen molar-refractivity contribution in [2.75, 3.05) is 12.9 Å². The molecule has 1 aliphatic rings. The van der Waals surface area contributed by atoms with Gasteiger partial charge in [0.2, 0.25) is 0 Å². The van der Waals surface area contributed by atoms with Gasteiger partial charge < -0.3 is 19.7 Å². The largest absolute Gasteiger partial charge is 0.387 e. The summed E-state index contributed by atoms with van der Waals surface area (Å²) in [7, 11) is 1.39. The second-order valence-corrected chi connectivity index (χ2v) is 4.26. The molecule has 1 aliphatic heterocycles. The molecule has 0 aromatic rings. The Morgan fingerprint density at radius 2 is 2.14 bits per heavy atom. The Morgan fingerprint density at radius 3 is 2.57 bits per heavy atom. The second-order valence-electron chi connectivity index (χ2n) is 3.06. The van der Waals surface area contributed by atoms with Gasteiger partial charge in [-0.1, -0.05) is 11.8 Å². The number of carbonyl (C=O) groups excluding carboxylic acids is 1. The fourth-order valence-corrected chi connectivity index (χ4v) is 1.92. The van der Waals surface area contributed by atoms with Crippen LogP contribution in [-0.4, -0.2) is 52.8 Å². The van der Waals surface area contributed by atoms with E-state index >= 15 is 0 Å². The van der Waals surface area contributed by atoms with Crippen molar-refractivity contribution in [2.45, 2.75) is 31.5 Å². The molecule has 0 radical (unpaired) electrons. The van der Waals surface area contributed by atoms with Crippen LogP contribution in [0.4, 0.5) is 0 Å². The van der Waals surface area contributed by atoms with E-state index in [1.807, 2.05) is 0 Å². The van der Waals surface area contributed by atoms with Gasteiger partial charge in [0.05, 0.1) is 6.10 Å². The third-order valence-electron chi connectivity index (χ3n) is 2.00. The number of carbonyl (C=O) groups is 1. The highest BCUT2D eigenvalue weighted by Gasteiger charge is 2.42. The average molecular weight is 222 g/mol. The molecule has 1 saturated heterocycles. The zero-order valence-corrected chi connectivity index (χ0v) is 8.86. The van der Waals surface area contributed by atoms with Gasteiger partial charge in [-0.3, -0.25) is 4.79 Å². The number of hydrogen-bond donors (Lipinski definition) is 2. The molecule has 0 amide bonds. The summed E-state index contributed by atoms with van der Waals surface area (Å²) in [5, 5.41) is 18.8. The molecule has 6 heteroatoms. The number of ether oxygens (including phenoxy) is 2. The SMILES string of the molecule is CO[C@H]1O[C@@H](CSC(C)=O)[C@H](O)[C@H]1O. The van der Waals surface area contributed by atoms with Gasteiger partial charge in [0, 0.05) is 19.8 Å². The molecule has 0 spiro atoms. The van der Waals surface area contributed by atoms with E-state index < -0.39 is 24.6 Å².